The Morgan fingerprint density at radius 1 is 1.60 bits per heavy atom. The van der Waals surface area contributed by atoms with Crippen LogP contribution in [-0.4, -0.2) is 52.0 Å². The predicted molar refractivity (Wildman–Crippen MR) is 82.6 cm³/mol. The van der Waals surface area contributed by atoms with E-state index in [1.54, 1.807) is 11.3 Å². The third kappa shape index (κ3) is 2.85. The highest BCUT2D eigenvalue weighted by Crippen LogP contribution is 2.23. The summed E-state index contributed by atoms with van der Waals surface area (Å²) in [5.41, 5.74) is 0. The summed E-state index contributed by atoms with van der Waals surface area (Å²) in [5.74, 6) is 0.905. The van der Waals surface area contributed by atoms with Crippen LogP contribution in [0.3, 0.4) is 0 Å². The van der Waals surface area contributed by atoms with E-state index < -0.39 is 0 Å². The van der Waals surface area contributed by atoms with Gasteiger partial charge in [0.2, 0.25) is 0 Å². The predicted octanol–water partition coefficient (Wildman–Crippen LogP) is 2.39. The van der Waals surface area contributed by atoms with Gasteiger partial charge in [-0.3, -0.25) is 14.6 Å². The summed E-state index contributed by atoms with van der Waals surface area (Å²) in [6.45, 7) is 6.75. The maximum Gasteiger partial charge on any atom is 0.195 e. The lowest BCUT2D eigenvalue weighted by atomic mass is 10.2. The first-order valence-electron chi connectivity index (χ1n) is 6.81. The molecule has 1 saturated heterocycles. The molecule has 1 aliphatic rings. The summed E-state index contributed by atoms with van der Waals surface area (Å²) < 4.78 is 8.57. The number of H-pyrrole nitrogens is 1. The van der Waals surface area contributed by atoms with Gasteiger partial charge in [-0.25, -0.2) is 0 Å². The monoisotopic (exact) mass is 310 g/mol. The molecule has 1 N–H and O–H groups in total. The average molecular weight is 310 g/mol. The zero-order valence-corrected chi connectivity index (χ0v) is 13.0. The first-order valence-corrected chi connectivity index (χ1v) is 8.09. The number of likely N-dealkylation sites (N-methyl/N-ethyl adjacent to an activating group) is 1. The fourth-order valence-corrected chi connectivity index (χ4v) is 3.39. The number of ether oxygens (including phenoxy) is 1. The standard InChI is InChI=1S/C13H18N4OS2/c1-2-16-5-6-18-10(8-16)9-17-12(14-15-13(17)19)11-4-3-7-20-11/h3-4,7,10H,2,5-6,8-9H2,1H3,(H,15,19). The fraction of sp³-hybridized carbons (Fsp3) is 0.538. The molecule has 108 valence electrons. The van der Waals surface area contributed by atoms with E-state index in [0.717, 1.165) is 43.5 Å². The number of hydrogen-bond donors (Lipinski definition) is 1. The zero-order valence-electron chi connectivity index (χ0n) is 11.4. The second-order valence-electron chi connectivity index (χ2n) is 4.83. The minimum Gasteiger partial charge on any atom is -0.374 e. The molecule has 1 fully saturated rings. The summed E-state index contributed by atoms with van der Waals surface area (Å²) in [5, 5.41) is 9.29. The van der Waals surface area contributed by atoms with Crippen molar-refractivity contribution in [3.63, 3.8) is 0 Å². The van der Waals surface area contributed by atoms with Gasteiger partial charge >= 0.3 is 0 Å². The van der Waals surface area contributed by atoms with Crippen molar-refractivity contribution in [2.45, 2.75) is 19.6 Å². The summed E-state index contributed by atoms with van der Waals surface area (Å²) in [4.78, 5) is 3.53. The zero-order chi connectivity index (χ0) is 13.9. The van der Waals surface area contributed by atoms with Crippen molar-refractivity contribution in [1.82, 2.24) is 19.7 Å². The Bertz CT molecular complexity index is 604. The van der Waals surface area contributed by atoms with Crippen molar-refractivity contribution in [2.24, 2.45) is 0 Å². The molecular weight excluding hydrogens is 292 g/mol. The first-order chi connectivity index (χ1) is 9.78. The molecule has 5 nitrogen and oxygen atoms in total. The van der Waals surface area contributed by atoms with Gasteiger partial charge in [0.1, 0.15) is 0 Å². The normalized spacial score (nSPS) is 20.4. The summed E-state index contributed by atoms with van der Waals surface area (Å²) in [6, 6.07) is 4.09. The van der Waals surface area contributed by atoms with Crippen LogP contribution in [0, 0.1) is 4.77 Å². The average Bonchev–Trinajstić information content (AvgIpc) is 3.10. The Labute approximate surface area is 127 Å². The number of aromatic nitrogens is 3. The van der Waals surface area contributed by atoms with Gasteiger partial charge in [-0.05, 0) is 30.2 Å². The second-order valence-corrected chi connectivity index (χ2v) is 6.16. The van der Waals surface area contributed by atoms with Gasteiger partial charge in [0, 0.05) is 13.1 Å². The molecule has 1 aliphatic heterocycles. The lowest BCUT2D eigenvalue weighted by Crippen LogP contribution is -2.44. The molecule has 0 saturated carbocycles. The minimum atomic E-state index is 0.173. The van der Waals surface area contributed by atoms with E-state index in [-0.39, 0.29) is 6.10 Å². The minimum absolute atomic E-state index is 0.173. The van der Waals surface area contributed by atoms with E-state index in [2.05, 4.69) is 28.1 Å². The Hall–Kier alpha value is -1.02. The maximum absolute atomic E-state index is 5.86. The lowest BCUT2D eigenvalue weighted by molar-refractivity contribution is -0.0342. The van der Waals surface area contributed by atoms with Gasteiger partial charge < -0.3 is 4.74 Å². The van der Waals surface area contributed by atoms with E-state index in [0.29, 0.717) is 4.77 Å². The third-order valence-corrected chi connectivity index (χ3v) is 4.73. The Morgan fingerprint density at radius 2 is 2.50 bits per heavy atom. The van der Waals surface area contributed by atoms with E-state index in [1.165, 1.54) is 0 Å². The number of nitrogens with zero attached hydrogens (tertiary/aromatic N) is 3. The summed E-state index contributed by atoms with van der Waals surface area (Å²) >= 11 is 7.02. The lowest BCUT2D eigenvalue weighted by Gasteiger charge is -2.32. The molecular formula is C13H18N4OS2. The van der Waals surface area contributed by atoms with Gasteiger partial charge in [0.25, 0.3) is 0 Å². The Balaban J connectivity index is 1.81. The van der Waals surface area contributed by atoms with Crippen LogP contribution in [0.25, 0.3) is 10.7 Å². The largest absolute Gasteiger partial charge is 0.374 e. The van der Waals surface area contributed by atoms with Crippen molar-refractivity contribution >= 4 is 23.6 Å². The first kappa shape index (κ1) is 13.9. The van der Waals surface area contributed by atoms with Crippen molar-refractivity contribution in [3.8, 4) is 10.7 Å². The molecule has 0 aromatic carbocycles. The van der Waals surface area contributed by atoms with Crippen LogP contribution in [0.15, 0.2) is 17.5 Å². The maximum atomic E-state index is 5.86. The third-order valence-electron chi connectivity index (χ3n) is 3.56. The SMILES string of the molecule is CCN1CCOC(Cn2c(-c3cccs3)n[nH]c2=S)C1. The van der Waals surface area contributed by atoms with Gasteiger partial charge in [-0.2, -0.15) is 5.10 Å². The molecule has 2 aromatic rings. The van der Waals surface area contributed by atoms with Crippen molar-refractivity contribution in [1.29, 1.82) is 0 Å². The number of hydrogen-bond acceptors (Lipinski definition) is 5. The molecule has 3 heterocycles. The van der Waals surface area contributed by atoms with Gasteiger partial charge in [-0.1, -0.05) is 13.0 Å². The molecule has 0 aliphatic carbocycles. The van der Waals surface area contributed by atoms with E-state index in [1.807, 2.05) is 16.0 Å². The van der Waals surface area contributed by atoms with Crippen LogP contribution < -0.4 is 0 Å². The molecule has 2 aromatic heterocycles. The second kappa shape index (κ2) is 6.17. The Kier molecular flexibility index (Phi) is 4.30. The molecule has 20 heavy (non-hydrogen) atoms. The van der Waals surface area contributed by atoms with Crippen LogP contribution in [0.4, 0.5) is 0 Å². The van der Waals surface area contributed by atoms with Crippen molar-refractivity contribution in [3.05, 3.63) is 22.3 Å². The smallest absolute Gasteiger partial charge is 0.195 e. The number of rotatable bonds is 4. The van der Waals surface area contributed by atoms with Gasteiger partial charge in [0.15, 0.2) is 10.6 Å². The summed E-state index contributed by atoms with van der Waals surface area (Å²) in [6.07, 6.45) is 0.173. The number of morpholine rings is 1. The molecule has 0 bridgehead atoms. The van der Waals surface area contributed by atoms with Crippen LogP contribution in [0.1, 0.15) is 6.92 Å². The van der Waals surface area contributed by atoms with Crippen molar-refractivity contribution in [2.75, 3.05) is 26.2 Å². The number of thiophene rings is 1. The fourth-order valence-electron chi connectivity index (χ4n) is 2.46. The molecule has 0 spiro atoms. The van der Waals surface area contributed by atoms with E-state index >= 15 is 0 Å². The highest BCUT2D eigenvalue weighted by Gasteiger charge is 2.21. The van der Waals surface area contributed by atoms with Crippen LogP contribution in [0.5, 0.6) is 0 Å². The highest BCUT2D eigenvalue weighted by molar-refractivity contribution is 7.71. The molecule has 0 amide bonds. The van der Waals surface area contributed by atoms with Gasteiger partial charge in [0.05, 0.1) is 24.1 Å². The Morgan fingerprint density at radius 3 is 3.25 bits per heavy atom. The van der Waals surface area contributed by atoms with E-state index in [9.17, 15) is 0 Å². The molecule has 1 atom stereocenters. The summed E-state index contributed by atoms with van der Waals surface area (Å²) in [7, 11) is 0. The molecule has 7 heteroatoms. The quantitative estimate of drug-likeness (QED) is 0.881. The molecule has 3 rings (SSSR count). The van der Waals surface area contributed by atoms with Crippen LogP contribution in [-0.2, 0) is 11.3 Å². The number of nitrogens with one attached hydrogen (secondary N) is 1. The van der Waals surface area contributed by atoms with Crippen molar-refractivity contribution < 1.29 is 4.74 Å². The van der Waals surface area contributed by atoms with Crippen LogP contribution in [0.2, 0.25) is 0 Å². The number of aromatic amines is 1. The van der Waals surface area contributed by atoms with E-state index in [4.69, 9.17) is 17.0 Å². The molecule has 0 radical (unpaired) electrons. The van der Waals surface area contributed by atoms with Crippen LogP contribution >= 0.6 is 23.6 Å². The van der Waals surface area contributed by atoms with Gasteiger partial charge in [-0.15, -0.1) is 11.3 Å². The highest BCUT2D eigenvalue weighted by atomic mass is 32.1. The topological polar surface area (TPSA) is 46.1 Å². The molecule has 1 unspecified atom stereocenters.